The topological polar surface area (TPSA) is 163 Å². The molecule has 1 aliphatic heterocycles. The fourth-order valence-corrected chi connectivity index (χ4v) is 5.36. The Morgan fingerprint density at radius 2 is 1.88 bits per heavy atom. The Hall–Kier alpha value is -1.82. The van der Waals surface area contributed by atoms with Crippen LogP contribution in [0.1, 0.15) is 32.1 Å². The van der Waals surface area contributed by atoms with E-state index >= 15 is 0 Å². The molecule has 0 aromatic heterocycles. The van der Waals surface area contributed by atoms with Crippen molar-refractivity contribution in [2.24, 2.45) is 17.3 Å². The summed E-state index contributed by atoms with van der Waals surface area (Å²) in [5, 5.41) is 49.7. The van der Waals surface area contributed by atoms with E-state index in [2.05, 4.69) is 6.58 Å². The molecule has 0 aromatic carbocycles. The van der Waals surface area contributed by atoms with Crippen LogP contribution in [0.5, 0.6) is 0 Å². The Morgan fingerprint density at radius 3 is 2.41 bits per heavy atom. The van der Waals surface area contributed by atoms with Crippen LogP contribution in [0.15, 0.2) is 24.3 Å². The summed E-state index contributed by atoms with van der Waals surface area (Å²) in [7, 11) is 1.24. The second-order valence-electron chi connectivity index (χ2n) is 8.80. The van der Waals surface area contributed by atoms with E-state index in [1.165, 1.54) is 13.2 Å². The molecule has 5 N–H and O–H groups in total. The summed E-state index contributed by atoms with van der Waals surface area (Å²) < 4.78 is 16.7. The number of hydrogen-bond acceptors (Lipinski definition) is 9. The van der Waals surface area contributed by atoms with E-state index in [0.717, 1.165) is 12.8 Å². The highest BCUT2D eigenvalue weighted by Crippen LogP contribution is 2.54. The molecule has 1 heterocycles. The lowest BCUT2D eigenvalue weighted by atomic mass is 9.62. The minimum atomic E-state index is -1.60. The van der Waals surface area contributed by atoms with Crippen LogP contribution in [0.2, 0.25) is 0 Å². The molecule has 180 valence electrons. The van der Waals surface area contributed by atoms with Crippen molar-refractivity contribution in [2.75, 3.05) is 13.7 Å². The number of methoxy groups -OCH3 is 1. The molecule has 3 rings (SSSR count). The van der Waals surface area contributed by atoms with E-state index in [0.29, 0.717) is 12.8 Å². The highest BCUT2D eigenvalue weighted by molar-refractivity contribution is 5.90. The third-order valence-electron chi connectivity index (χ3n) is 6.97. The van der Waals surface area contributed by atoms with Gasteiger partial charge in [-0.1, -0.05) is 25.0 Å². The number of carboxylic acid groups (broad SMARTS) is 1. The molecule has 10 nitrogen and oxygen atoms in total. The molecular formula is C22H32O10. The lowest BCUT2D eigenvalue weighted by molar-refractivity contribution is -0.322. The zero-order valence-electron chi connectivity index (χ0n) is 18.0. The Morgan fingerprint density at radius 1 is 1.22 bits per heavy atom. The van der Waals surface area contributed by atoms with Gasteiger partial charge in [-0.3, -0.25) is 4.79 Å². The van der Waals surface area contributed by atoms with Gasteiger partial charge in [-0.2, -0.15) is 0 Å². The number of carbonyl (C=O) groups is 2. The van der Waals surface area contributed by atoms with Crippen LogP contribution in [0.25, 0.3) is 0 Å². The molecule has 2 aliphatic carbocycles. The maximum Gasteiger partial charge on any atom is 0.333 e. The standard InChI is InChI=1S/C22H32O10/c1-3-11-12(8-15(24)25)13(20(29)30-2)9-22(6-4-5-7-22)19(11)32-21-18(28)17(27)16(26)14(10-23)31-21/h3,9,11-12,14,16-19,21,23,26-28H,1,4-8,10H2,2H3,(H,24,25). The van der Waals surface area contributed by atoms with Gasteiger partial charge in [0.2, 0.25) is 0 Å². The molecule has 1 spiro atoms. The zero-order valence-corrected chi connectivity index (χ0v) is 18.0. The predicted octanol–water partition coefficient (Wildman–Crippen LogP) is -0.262. The number of hydrogen-bond donors (Lipinski definition) is 5. The summed E-state index contributed by atoms with van der Waals surface area (Å²) in [6.45, 7) is 3.25. The van der Waals surface area contributed by atoms with Gasteiger partial charge in [-0.15, -0.1) is 6.58 Å². The Balaban J connectivity index is 2.02. The minimum Gasteiger partial charge on any atom is -0.481 e. The van der Waals surface area contributed by atoms with Crippen molar-refractivity contribution in [1.29, 1.82) is 0 Å². The number of aliphatic hydroxyl groups excluding tert-OH is 4. The number of carbonyl (C=O) groups excluding carboxylic acids is 1. The lowest BCUT2D eigenvalue weighted by Gasteiger charge is -2.49. The smallest absolute Gasteiger partial charge is 0.333 e. The van der Waals surface area contributed by atoms with Crippen molar-refractivity contribution in [3.8, 4) is 0 Å². The molecule has 3 aliphatic rings. The molecule has 8 unspecified atom stereocenters. The van der Waals surface area contributed by atoms with E-state index < -0.39 is 72.6 Å². The fraction of sp³-hybridized carbons (Fsp3) is 0.727. The van der Waals surface area contributed by atoms with Gasteiger partial charge in [0.25, 0.3) is 0 Å². The average molecular weight is 456 g/mol. The largest absolute Gasteiger partial charge is 0.481 e. The second-order valence-corrected chi connectivity index (χ2v) is 8.80. The predicted molar refractivity (Wildman–Crippen MR) is 109 cm³/mol. The van der Waals surface area contributed by atoms with E-state index in [1.54, 1.807) is 6.08 Å². The van der Waals surface area contributed by atoms with Gasteiger partial charge in [-0.05, 0) is 12.8 Å². The molecule has 1 saturated heterocycles. The first-order chi connectivity index (χ1) is 15.2. The fourth-order valence-electron chi connectivity index (χ4n) is 5.36. The van der Waals surface area contributed by atoms with Crippen molar-refractivity contribution < 1.29 is 49.3 Å². The third kappa shape index (κ3) is 4.48. The quantitative estimate of drug-likeness (QED) is 0.255. The van der Waals surface area contributed by atoms with Gasteiger partial charge in [0.1, 0.15) is 24.4 Å². The van der Waals surface area contributed by atoms with E-state index in [4.69, 9.17) is 14.2 Å². The second kappa shape index (κ2) is 9.98. The summed E-state index contributed by atoms with van der Waals surface area (Å²) in [4.78, 5) is 24.2. The minimum absolute atomic E-state index is 0.260. The maximum atomic E-state index is 12.6. The molecule has 0 radical (unpaired) electrons. The van der Waals surface area contributed by atoms with Crippen LogP contribution in [-0.4, -0.2) is 88.0 Å². The van der Waals surface area contributed by atoms with Crippen molar-refractivity contribution >= 4 is 11.9 Å². The Kier molecular flexibility index (Phi) is 7.74. The first-order valence-electron chi connectivity index (χ1n) is 10.8. The summed E-state index contributed by atoms with van der Waals surface area (Å²) in [5.41, 5.74) is -0.397. The molecule has 0 aromatic rings. The average Bonchev–Trinajstić information content (AvgIpc) is 3.24. The number of carboxylic acids is 1. The number of aliphatic carboxylic acids is 1. The molecule has 0 amide bonds. The highest BCUT2D eigenvalue weighted by Gasteiger charge is 2.54. The van der Waals surface area contributed by atoms with Crippen LogP contribution >= 0.6 is 0 Å². The SMILES string of the molecule is C=CC1C(CC(=O)O)C(C(=O)OC)=CC2(CCCC2)C1OC1OC(CO)C(O)C(O)C1O. The van der Waals surface area contributed by atoms with Gasteiger partial charge in [0, 0.05) is 22.8 Å². The van der Waals surface area contributed by atoms with E-state index in [-0.39, 0.29) is 12.0 Å². The van der Waals surface area contributed by atoms with E-state index in [9.17, 15) is 35.1 Å². The van der Waals surface area contributed by atoms with Crippen molar-refractivity contribution in [2.45, 2.75) is 68.9 Å². The van der Waals surface area contributed by atoms with Crippen LogP contribution in [-0.2, 0) is 23.8 Å². The Bertz CT molecular complexity index is 741. The monoisotopic (exact) mass is 456 g/mol. The first-order valence-corrected chi connectivity index (χ1v) is 10.8. The molecule has 0 bridgehead atoms. The lowest BCUT2D eigenvalue weighted by Crippen LogP contribution is -2.61. The molecule has 32 heavy (non-hydrogen) atoms. The maximum absolute atomic E-state index is 12.6. The van der Waals surface area contributed by atoms with Crippen LogP contribution in [0.3, 0.4) is 0 Å². The highest BCUT2D eigenvalue weighted by atomic mass is 16.7. The van der Waals surface area contributed by atoms with Crippen LogP contribution in [0.4, 0.5) is 0 Å². The molecule has 1 saturated carbocycles. The summed E-state index contributed by atoms with van der Waals surface area (Å²) in [6.07, 6.45) is -2.03. The van der Waals surface area contributed by atoms with Gasteiger partial charge in [-0.25, -0.2) is 4.79 Å². The van der Waals surface area contributed by atoms with Crippen molar-refractivity contribution in [1.82, 2.24) is 0 Å². The summed E-state index contributed by atoms with van der Waals surface area (Å²) in [5.74, 6) is -3.12. The number of rotatable bonds is 7. The van der Waals surface area contributed by atoms with Crippen LogP contribution in [0, 0.1) is 17.3 Å². The first kappa shape index (κ1) is 24.8. The summed E-state index contributed by atoms with van der Waals surface area (Å²) in [6, 6.07) is 0. The zero-order chi connectivity index (χ0) is 23.6. The summed E-state index contributed by atoms with van der Waals surface area (Å²) >= 11 is 0. The normalized spacial score (nSPS) is 38.8. The number of ether oxygens (including phenoxy) is 3. The van der Waals surface area contributed by atoms with Gasteiger partial charge in [0.05, 0.1) is 26.2 Å². The number of aliphatic hydroxyl groups is 4. The molecule has 10 heteroatoms. The van der Waals surface area contributed by atoms with E-state index in [1.807, 2.05) is 0 Å². The molecule has 2 fully saturated rings. The Labute approximate surface area is 186 Å². The van der Waals surface area contributed by atoms with Crippen molar-refractivity contribution in [3.63, 3.8) is 0 Å². The third-order valence-corrected chi connectivity index (χ3v) is 6.97. The molecular weight excluding hydrogens is 424 g/mol. The van der Waals surface area contributed by atoms with Crippen molar-refractivity contribution in [3.05, 3.63) is 24.3 Å². The van der Waals surface area contributed by atoms with Gasteiger partial charge in [0.15, 0.2) is 6.29 Å². The van der Waals surface area contributed by atoms with Crippen LogP contribution < -0.4 is 0 Å². The van der Waals surface area contributed by atoms with Gasteiger partial charge < -0.3 is 39.7 Å². The number of esters is 1. The molecule has 8 atom stereocenters. The van der Waals surface area contributed by atoms with Gasteiger partial charge >= 0.3 is 11.9 Å².